The van der Waals surface area contributed by atoms with Crippen LogP contribution in [0.3, 0.4) is 0 Å². The summed E-state index contributed by atoms with van der Waals surface area (Å²) in [4.78, 5) is 0. The summed E-state index contributed by atoms with van der Waals surface area (Å²) in [5.41, 5.74) is 4.50. The van der Waals surface area contributed by atoms with Gasteiger partial charge in [0.25, 0.3) is 0 Å². The van der Waals surface area contributed by atoms with E-state index in [-0.39, 0.29) is 10.8 Å². The van der Waals surface area contributed by atoms with Crippen LogP contribution in [0.4, 0.5) is 9.41 Å². The lowest BCUT2D eigenvalue weighted by atomic mass is 10.5. The molecule has 126 valence electrons. The number of hydrogen-bond donors (Lipinski definition) is 1. The first-order valence-electron chi connectivity index (χ1n) is 6.68. The Morgan fingerprint density at radius 1 is 0.714 bits per heavy atom. The summed E-state index contributed by atoms with van der Waals surface area (Å²) in [5, 5.41) is 0. The minimum atomic E-state index is 0. The Hall–Kier alpha value is -1.88. The minimum Gasteiger partial charge on any atom is -0.333 e. The smallest absolute Gasteiger partial charge is 0.317 e. The van der Waals surface area contributed by atoms with Gasteiger partial charge in [-0.05, 0) is 13.1 Å². The van der Waals surface area contributed by atoms with Gasteiger partial charge in [-0.25, -0.2) is 8.98 Å². The summed E-state index contributed by atoms with van der Waals surface area (Å²) in [6.45, 7) is 8.00. The summed E-state index contributed by atoms with van der Waals surface area (Å²) < 4.78 is 6.68. The lowest BCUT2D eigenvalue weighted by Crippen LogP contribution is -2.25. The van der Waals surface area contributed by atoms with Crippen LogP contribution in [-0.2, 0) is 7.05 Å². The first-order valence-corrected chi connectivity index (χ1v) is 6.68. The number of nitrogens with two attached hydrogens (primary N) is 1. The van der Waals surface area contributed by atoms with Gasteiger partial charge in [0.05, 0.1) is 0 Å². The molecule has 0 bridgehead atoms. The maximum atomic E-state index is 4.68. The maximum Gasteiger partial charge on any atom is 0.317 e. The monoisotopic (exact) mass is 309 g/mol. The molecule has 0 aliphatic rings. The van der Waals surface area contributed by atoms with Gasteiger partial charge in [-0.3, -0.25) is 9.41 Å². The van der Waals surface area contributed by atoms with Crippen molar-refractivity contribution in [3.8, 4) is 0 Å². The van der Waals surface area contributed by atoms with Gasteiger partial charge >= 0.3 is 12.5 Å². The molecule has 0 aromatic carbocycles. The van der Waals surface area contributed by atoms with Crippen molar-refractivity contribution < 1.29 is 19.8 Å². The third-order valence-electron chi connectivity index (χ3n) is 1.40. The lowest BCUT2D eigenvalue weighted by Gasteiger charge is -1.77. The molecule has 5 heteroatoms. The predicted molar refractivity (Wildman–Crippen MR) is 90.7 cm³/mol. The second-order valence-corrected chi connectivity index (χ2v) is 2.53. The summed E-state index contributed by atoms with van der Waals surface area (Å²) in [7, 11) is 3.50. The summed E-state index contributed by atoms with van der Waals surface area (Å²) in [6.07, 6.45) is 7.25. The fourth-order valence-corrected chi connectivity index (χ4v) is 0.776. The predicted octanol–water partition coefficient (Wildman–Crippen LogP) is 4.25. The Balaban J connectivity index is -0.0000000397. The van der Waals surface area contributed by atoms with Crippen LogP contribution in [0.1, 0.15) is 29.1 Å². The number of rotatable bonds is 0. The third-order valence-corrected chi connectivity index (χ3v) is 1.40. The zero-order chi connectivity index (χ0) is 15.4. The number of halogens is 2. The van der Waals surface area contributed by atoms with Crippen LogP contribution in [0.25, 0.3) is 0 Å². The highest BCUT2D eigenvalue weighted by Crippen LogP contribution is 1.79. The van der Waals surface area contributed by atoms with Crippen molar-refractivity contribution >= 4 is 0 Å². The van der Waals surface area contributed by atoms with Crippen LogP contribution < -0.4 is 10.3 Å². The number of hydrogen-bond acceptors (Lipinski definition) is 1. The maximum absolute atomic E-state index is 4.68. The van der Waals surface area contributed by atoms with E-state index in [0.29, 0.717) is 0 Å². The standard InChI is InChI=1S/C6H8N.C5H5O.2C2H6.CH5N.2FH.H2/c1-7-5-3-2-4-6-7;1-2-4-6-5-3-1;3*1-2;;;/h2-6H,1H3;1-5H;2*1-2H3;2H2,1H3;3*1H/q2*+1;;;;;;/i;;;;;;;1+1. The zero-order valence-electron chi connectivity index (χ0n) is 14.0. The highest BCUT2D eigenvalue weighted by molar-refractivity contribution is 4.84. The zero-order valence-corrected chi connectivity index (χ0v) is 14.0. The van der Waals surface area contributed by atoms with Crippen LogP contribution >= 0.6 is 0 Å². The van der Waals surface area contributed by atoms with E-state index in [2.05, 4.69) is 10.2 Å². The van der Waals surface area contributed by atoms with Crippen molar-refractivity contribution in [1.29, 1.82) is 0 Å². The fraction of sp³-hybridized carbons (Fsp3) is 0.375. The van der Waals surface area contributed by atoms with Gasteiger partial charge in [-0.1, -0.05) is 33.8 Å². The van der Waals surface area contributed by atoms with E-state index in [1.165, 1.54) is 7.05 Å². The number of pyridine rings is 1. The molecule has 2 aromatic rings. The van der Waals surface area contributed by atoms with Crippen molar-refractivity contribution in [2.24, 2.45) is 12.8 Å². The highest BCUT2D eigenvalue weighted by atomic mass is 19.0. The van der Waals surface area contributed by atoms with E-state index in [9.17, 15) is 0 Å². The molecule has 0 unspecified atom stereocenters. The van der Waals surface area contributed by atoms with E-state index in [1.54, 1.807) is 12.5 Å². The van der Waals surface area contributed by atoms with E-state index >= 15 is 0 Å². The minimum absolute atomic E-state index is 0. The summed E-state index contributed by atoms with van der Waals surface area (Å²) in [5.74, 6) is 0. The van der Waals surface area contributed by atoms with Gasteiger partial charge in [0.15, 0.2) is 12.4 Å². The van der Waals surface area contributed by atoms with Crippen LogP contribution in [0, 0.1) is 0 Å². The first kappa shape index (κ1) is 31.5. The molecule has 21 heavy (non-hydrogen) atoms. The molecule has 2 rings (SSSR count). The van der Waals surface area contributed by atoms with Gasteiger partial charge in [-0.2, -0.15) is 0 Å². The molecule has 0 saturated heterocycles. The summed E-state index contributed by atoms with van der Waals surface area (Å²) >= 11 is 0. The van der Waals surface area contributed by atoms with Crippen LogP contribution in [0.5, 0.6) is 0 Å². The Morgan fingerprint density at radius 3 is 1.19 bits per heavy atom. The van der Waals surface area contributed by atoms with E-state index in [0.717, 1.165) is 0 Å². The molecule has 0 atom stereocenters. The van der Waals surface area contributed by atoms with Crippen LogP contribution in [0.2, 0.25) is 0 Å². The van der Waals surface area contributed by atoms with Gasteiger partial charge < -0.3 is 5.73 Å². The SMILES string of the molecule is CC.CC.CN.C[n+]1ccccc1.F.F.[2HH].c1cc[o+]cc1. The Bertz CT molecular complexity index is 301. The topological polar surface area (TPSA) is 41.2 Å². The van der Waals surface area contributed by atoms with E-state index in [1.807, 2.05) is 88.1 Å². The van der Waals surface area contributed by atoms with Crippen LogP contribution in [0.15, 0.2) is 65.7 Å². The molecular weight excluding hydrogens is 274 g/mol. The molecule has 3 nitrogen and oxygen atoms in total. The van der Waals surface area contributed by atoms with Crippen molar-refractivity contribution in [2.45, 2.75) is 27.7 Å². The molecule has 2 aromatic heterocycles. The molecule has 0 spiro atoms. The second kappa shape index (κ2) is 36.2. The highest BCUT2D eigenvalue weighted by Gasteiger charge is 1.78. The van der Waals surface area contributed by atoms with Crippen molar-refractivity contribution in [3.63, 3.8) is 0 Å². The van der Waals surface area contributed by atoms with Gasteiger partial charge in [-0.15, -0.1) is 0 Å². The normalized spacial score (nSPS) is 6.05. The molecule has 0 aliphatic heterocycles. The number of nitrogens with zero attached hydrogens (tertiary/aromatic N) is 1. The summed E-state index contributed by atoms with van der Waals surface area (Å²) in [6, 6.07) is 11.6. The Labute approximate surface area is 129 Å². The van der Waals surface area contributed by atoms with Gasteiger partial charge in [0, 0.05) is 25.7 Å². The number of aryl methyl sites for hydroxylation is 1. The van der Waals surface area contributed by atoms with Crippen molar-refractivity contribution in [3.05, 3.63) is 61.3 Å². The Morgan fingerprint density at radius 2 is 1.05 bits per heavy atom. The molecule has 0 fully saturated rings. The largest absolute Gasteiger partial charge is 0.333 e. The van der Waals surface area contributed by atoms with Crippen LogP contribution in [-0.4, -0.2) is 7.05 Å². The van der Waals surface area contributed by atoms with Crippen molar-refractivity contribution in [2.75, 3.05) is 7.05 Å². The third kappa shape index (κ3) is 32.1. The molecule has 0 saturated carbocycles. The Kier molecular flexibility index (Phi) is 54.2. The van der Waals surface area contributed by atoms with Gasteiger partial charge in [0.1, 0.15) is 7.05 Å². The second-order valence-electron chi connectivity index (χ2n) is 2.53. The fourth-order valence-electron chi connectivity index (χ4n) is 0.776. The quantitative estimate of drug-likeness (QED) is 0.584. The molecule has 0 radical (unpaired) electrons. The van der Waals surface area contributed by atoms with E-state index < -0.39 is 0 Å². The average Bonchev–Trinajstić information content (AvgIpc) is 2.56. The average molecular weight is 309 g/mol. The first-order chi connectivity index (χ1) is 9.39. The number of aromatic nitrogens is 1. The molecular formula is C16H34F2N2O+2. The molecule has 2 N–H and O–H groups in total. The molecule has 2 heterocycles. The lowest BCUT2D eigenvalue weighted by molar-refractivity contribution is -0.671. The van der Waals surface area contributed by atoms with Gasteiger partial charge in [0.2, 0.25) is 0 Å². The molecule has 0 amide bonds. The molecule has 0 aliphatic carbocycles. The van der Waals surface area contributed by atoms with E-state index in [4.69, 9.17) is 0 Å². The van der Waals surface area contributed by atoms with Crippen molar-refractivity contribution in [1.82, 2.24) is 0 Å².